The Morgan fingerprint density at radius 3 is 2.92 bits per heavy atom. The molecule has 0 radical (unpaired) electrons. The summed E-state index contributed by atoms with van der Waals surface area (Å²) >= 11 is 1.20. The lowest BCUT2D eigenvalue weighted by Gasteiger charge is -2.13. The number of amides is 1. The van der Waals surface area contributed by atoms with Gasteiger partial charge in [0, 0.05) is 24.4 Å². The predicted molar refractivity (Wildman–Crippen MR) is 98.0 cm³/mol. The van der Waals surface area contributed by atoms with Crippen molar-refractivity contribution in [1.82, 2.24) is 9.55 Å². The molecule has 1 heterocycles. The third-order valence-corrected chi connectivity index (χ3v) is 5.25. The Labute approximate surface area is 154 Å². The molecule has 8 heteroatoms. The van der Waals surface area contributed by atoms with Crippen LogP contribution in [0.4, 0.5) is 10.1 Å². The van der Waals surface area contributed by atoms with Crippen LogP contribution >= 0.6 is 11.8 Å². The van der Waals surface area contributed by atoms with E-state index in [-0.39, 0.29) is 29.6 Å². The highest BCUT2D eigenvalue weighted by molar-refractivity contribution is 8.00. The first kappa shape index (κ1) is 18.6. The molecule has 1 aromatic heterocycles. The van der Waals surface area contributed by atoms with Crippen LogP contribution in [0.3, 0.4) is 0 Å². The van der Waals surface area contributed by atoms with E-state index in [0.29, 0.717) is 18.0 Å². The zero-order valence-corrected chi connectivity index (χ0v) is 15.0. The summed E-state index contributed by atoms with van der Waals surface area (Å²) in [7, 11) is 0. The number of carbonyl (C=O) groups is 1. The Morgan fingerprint density at radius 1 is 1.35 bits per heavy atom. The molecule has 0 atom stereocenters. The van der Waals surface area contributed by atoms with Crippen LogP contribution in [0.25, 0.3) is 0 Å². The molecule has 1 aromatic carbocycles. The highest BCUT2D eigenvalue weighted by Crippen LogP contribution is 2.29. The van der Waals surface area contributed by atoms with E-state index in [1.54, 1.807) is 16.7 Å². The molecule has 6 nitrogen and oxygen atoms in total. The number of hydrogen-bond donors (Lipinski definition) is 2. The van der Waals surface area contributed by atoms with E-state index >= 15 is 0 Å². The van der Waals surface area contributed by atoms with Gasteiger partial charge in [-0.1, -0.05) is 23.9 Å². The molecule has 0 aliphatic heterocycles. The minimum atomic E-state index is -0.489. The Morgan fingerprint density at radius 2 is 2.15 bits per heavy atom. The average molecular weight is 377 g/mol. The molecule has 26 heavy (non-hydrogen) atoms. The van der Waals surface area contributed by atoms with Crippen molar-refractivity contribution in [2.45, 2.75) is 37.3 Å². The van der Waals surface area contributed by atoms with Crippen LogP contribution in [0.1, 0.15) is 24.1 Å². The van der Waals surface area contributed by atoms with Gasteiger partial charge in [0.2, 0.25) is 5.91 Å². The highest BCUT2D eigenvalue weighted by Gasteiger charge is 2.22. The number of hydrogen-bond acceptors (Lipinski definition) is 5. The first-order valence-corrected chi connectivity index (χ1v) is 9.49. The molecule has 0 unspecified atom stereocenters. The molecular formula is C18H20FN3O3S. The number of nitrogens with one attached hydrogen (secondary N) is 1. The highest BCUT2D eigenvalue weighted by atomic mass is 32.2. The Kier molecular flexibility index (Phi) is 6.05. The van der Waals surface area contributed by atoms with Crippen LogP contribution < -0.4 is 11.0 Å². The lowest BCUT2D eigenvalue weighted by molar-refractivity contribution is -0.113. The number of rotatable bonds is 7. The lowest BCUT2D eigenvalue weighted by atomic mass is 10.2. The Hall–Kier alpha value is -2.19. The number of aliphatic hydroxyl groups is 1. The van der Waals surface area contributed by atoms with Gasteiger partial charge in [0.25, 0.3) is 0 Å². The summed E-state index contributed by atoms with van der Waals surface area (Å²) in [6.45, 7) is 0.470. The SMILES string of the molecule is O=C(CSc1nc(=O)n(CCCO)c2c1CCC2)Nc1ccccc1F. The first-order chi connectivity index (χ1) is 12.6. The fraction of sp³-hybridized carbons (Fsp3) is 0.389. The largest absolute Gasteiger partial charge is 0.396 e. The van der Waals surface area contributed by atoms with Crippen LogP contribution in [0, 0.1) is 5.82 Å². The molecule has 0 spiro atoms. The second-order valence-electron chi connectivity index (χ2n) is 6.02. The summed E-state index contributed by atoms with van der Waals surface area (Å²) in [5.74, 6) is -0.789. The van der Waals surface area contributed by atoms with Crippen molar-refractivity contribution in [3.63, 3.8) is 0 Å². The summed E-state index contributed by atoms with van der Waals surface area (Å²) in [6.07, 6.45) is 3.06. The minimum absolute atomic E-state index is 0.0218. The van der Waals surface area contributed by atoms with Crippen LogP contribution in [0.5, 0.6) is 0 Å². The van der Waals surface area contributed by atoms with Crippen molar-refractivity contribution in [1.29, 1.82) is 0 Å². The van der Waals surface area contributed by atoms with E-state index in [0.717, 1.165) is 30.5 Å². The summed E-state index contributed by atoms with van der Waals surface area (Å²) in [4.78, 5) is 28.5. The maximum absolute atomic E-state index is 13.6. The van der Waals surface area contributed by atoms with Gasteiger partial charge >= 0.3 is 5.69 Å². The second-order valence-corrected chi connectivity index (χ2v) is 6.99. The summed E-state index contributed by atoms with van der Waals surface area (Å²) in [5.41, 5.74) is 1.74. The smallest absolute Gasteiger partial charge is 0.348 e. The molecule has 1 amide bonds. The van der Waals surface area contributed by atoms with Gasteiger partial charge in [-0.05, 0) is 37.8 Å². The monoisotopic (exact) mass is 377 g/mol. The van der Waals surface area contributed by atoms with Crippen LogP contribution in [0.15, 0.2) is 34.1 Å². The summed E-state index contributed by atoms with van der Waals surface area (Å²) in [5, 5.41) is 12.1. The zero-order valence-electron chi connectivity index (χ0n) is 14.2. The Bertz CT molecular complexity index is 869. The molecule has 0 fully saturated rings. The number of aliphatic hydroxyl groups excluding tert-OH is 1. The van der Waals surface area contributed by atoms with Gasteiger partial charge in [-0.15, -0.1) is 0 Å². The molecule has 3 rings (SSSR count). The van der Waals surface area contributed by atoms with Gasteiger partial charge < -0.3 is 10.4 Å². The molecule has 0 saturated heterocycles. The number of aromatic nitrogens is 2. The van der Waals surface area contributed by atoms with Gasteiger partial charge in [0.15, 0.2) is 0 Å². The van der Waals surface area contributed by atoms with E-state index in [2.05, 4.69) is 10.3 Å². The number of thioether (sulfide) groups is 1. The van der Waals surface area contributed by atoms with Gasteiger partial charge in [-0.3, -0.25) is 9.36 Å². The van der Waals surface area contributed by atoms with E-state index in [1.165, 1.54) is 23.9 Å². The summed E-state index contributed by atoms with van der Waals surface area (Å²) in [6, 6.07) is 5.98. The topological polar surface area (TPSA) is 84.2 Å². The van der Waals surface area contributed by atoms with Crippen molar-refractivity contribution in [3.05, 3.63) is 51.8 Å². The molecule has 138 valence electrons. The van der Waals surface area contributed by atoms with Gasteiger partial charge in [0.1, 0.15) is 10.8 Å². The number of halogens is 1. The van der Waals surface area contributed by atoms with Gasteiger partial charge in [-0.25, -0.2) is 9.18 Å². The molecule has 0 saturated carbocycles. The molecule has 0 bridgehead atoms. The van der Waals surface area contributed by atoms with Crippen molar-refractivity contribution in [2.75, 3.05) is 17.7 Å². The minimum Gasteiger partial charge on any atom is -0.396 e. The van der Waals surface area contributed by atoms with Crippen LogP contribution in [-0.4, -0.2) is 32.9 Å². The molecular weight excluding hydrogens is 357 g/mol. The maximum Gasteiger partial charge on any atom is 0.348 e. The third-order valence-electron chi connectivity index (χ3n) is 4.23. The van der Waals surface area contributed by atoms with E-state index in [1.807, 2.05) is 0 Å². The molecule has 2 aromatic rings. The lowest BCUT2D eigenvalue weighted by Crippen LogP contribution is -2.28. The van der Waals surface area contributed by atoms with Gasteiger partial charge in [0.05, 0.1) is 11.4 Å². The van der Waals surface area contributed by atoms with E-state index in [9.17, 15) is 14.0 Å². The molecule has 1 aliphatic rings. The van der Waals surface area contributed by atoms with Gasteiger partial charge in [-0.2, -0.15) is 4.98 Å². The fourth-order valence-corrected chi connectivity index (χ4v) is 3.92. The maximum atomic E-state index is 13.6. The Balaban J connectivity index is 1.71. The summed E-state index contributed by atoms with van der Waals surface area (Å²) < 4.78 is 15.2. The molecule has 1 aliphatic carbocycles. The van der Waals surface area contributed by atoms with Crippen molar-refractivity contribution in [3.8, 4) is 0 Å². The van der Waals surface area contributed by atoms with E-state index in [4.69, 9.17) is 5.11 Å². The standard InChI is InChI=1S/C18H20FN3O3S/c19-13-6-1-2-7-14(13)20-16(24)11-26-17-12-5-3-8-15(12)22(9-4-10-23)18(25)21-17/h1-2,6-7,23H,3-5,8-11H2,(H,20,24). The van der Waals surface area contributed by atoms with Crippen molar-refractivity contribution in [2.24, 2.45) is 0 Å². The van der Waals surface area contributed by atoms with Crippen molar-refractivity contribution < 1.29 is 14.3 Å². The number of fused-ring (bicyclic) bond motifs is 1. The predicted octanol–water partition coefficient (Wildman–Crippen LogP) is 1.98. The van der Waals surface area contributed by atoms with Crippen molar-refractivity contribution >= 4 is 23.4 Å². The number of para-hydroxylation sites is 1. The number of carbonyl (C=O) groups excluding carboxylic acids is 1. The second kappa shape index (κ2) is 8.46. The van der Waals surface area contributed by atoms with E-state index < -0.39 is 5.82 Å². The number of benzene rings is 1. The van der Waals surface area contributed by atoms with Crippen LogP contribution in [-0.2, 0) is 24.2 Å². The fourth-order valence-electron chi connectivity index (χ4n) is 3.05. The average Bonchev–Trinajstić information content (AvgIpc) is 3.11. The zero-order chi connectivity index (χ0) is 18.5. The quantitative estimate of drug-likeness (QED) is 0.569. The van der Waals surface area contributed by atoms with Crippen LogP contribution in [0.2, 0.25) is 0 Å². The third kappa shape index (κ3) is 4.13. The number of nitrogens with zero attached hydrogens (tertiary/aromatic N) is 2. The normalized spacial score (nSPS) is 12.8. The number of anilines is 1. The first-order valence-electron chi connectivity index (χ1n) is 8.50. The molecule has 2 N–H and O–H groups in total.